The lowest BCUT2D eigenvalue weighted by Gasteiger charge is -2.20. The lowest BCUT2D eigenvalue weighted by atomic mass is 9.94. The fourth-order valence-electron chi connectivity index (χ4n) is 1.43. The first kappa shape index (κ1) is 13.4. The van der Waals surface area contributed by atoms with Crippen molar-refractivity contribution < 1.29 is 15.0 Å². The van der Waals surface area contributed by atoms with Crippen LogP contribution < -0.4 is 5.73 Å². The maximum atomic E-state index is 10.7. The Bertz CT molecular complexity index is 173. The molecule has 0 heterocycles. The number of hydrogen-bond donors (Lipinski definition) is 3. The number of carboxylic acid groups (broad SMARTS) is 1. The summed E-state index contributed by atoms with van der Waals surface area (Å²) >= 11 is 0. The van der Waals surface area contributed by atoms with Crippen molar-refractivity contribution in [2.24, 2.45) is 11.7 Å². The van der Waals surface area contributed by atoms with Gasteiger partial charge in [0.15, 0.2) is 0 Å². The fourth-order valence-corrected chi connectivity index (χ4v) is 1.43. The average molecular weight is 203 g/mol. The first-order chi connectivity index (χ1) is 6.52. The molecule has 0 bridgehead atoms. The van der Waals surface area contributed by atoms with Crippen molar-refractivity contribution in [1.29, 1.82) is 0 Å². The third kappa shape index (κ3) is 4.58. The molecule has 0 aromatic carbocycles. The van der Waals surface area contributed by atoms with Gasteiger partial charge < -0.3 is 15.9 Å². The minimum atomic E-state index is -0.852. The van der Waals surface area contributed by atoms with Gasteiger partial charge in [-0.3, -0.25) is 4.79 Å². The molecule has 14 heavy (non-hydrogen) atoms. The van der Waals surface area contributed by atoms with E-state index in [0.717, 1.165) is 12.8 Å². The van der Waals surface area contributed by atoms with Gasteiger partial charge in [-0.1, -0.05) is 20.3 Å². The summed E-state index contributed by atoms with van der Waals surface area (Å²) in [5.41, 5.74) is 5.69. The van der Waals surface area contributed by atoms with Gasteiger partial charge in [0.25, 0.3) is 0 Å². The number of aliphatic carboxylic acids is 1. The quantitative estimate of drug-likeness (QED) is 0.576. The van der Waals surface area contributed by atoms with Crippen LogP contribution in [0.4, 0.5) is 0 Å². The fraction of sp³-hybridized carbons (Fsp3) is 0.900. The number of carbonyl (C=O) groups is 1. The van der Waals surface area contributed by atoms with E-state index in [0.29, 0.717) is 6.42 Å². The molecule has 0 aliphatic rings. The Morgan fingerprint density at radius 2 is 2.00 bits per heavy atom. The molecule has 0 amide bonds. The minimum absolute atomic E-state index is 0.257. The van der Waals surface area contributed by atoms with Gasteiger partial charge in [0.1, 0.15) is 0 Å². The molecule has 84 valence electrons. The van der Waals surface area contributed by atoms with Gasteiger partial charge in [0.05, 0.1) is 12.0 Å². The van der Waals surface area contributed by atoms with Gasteiger partial charge in [-0.05, 0) is 19.3 Å². The number of hydrogen-bond acceptors (Lipinski definition) is 3. The monoisotopic (exact) mass is 203 g/mol. The zero-order valence-corrected chi connectivity index (χ0v) is 8.94. The highest BCUT2D eigenvalue weighted by Crippen LogP contribution is 2.14. The van der Waals surface area contributed by atoms with Crippen LogP contribution in [0.2, 0.25) is 0 Å². The lowest BCUT2D eigenvalue weighted by molar-refractivity contribution is -0.143. The second kappa shape index (κ2) is 6.79. The number of aliphatic hydroxyl groups is 1. The molecule has 0 radical (unpaired) electrons. The summed E-state index contributed by atoms with van der Waals surface area (Å²) in [4.78, 5) is 10.7. The lowest BCUT2D eigenvalue weighted by Crippen LogP contribution is -2.37. The standard InChI is InChI=1S/C10H21NO3/c1-3-5-8(11)9(12)6-7(4-2)10(13)14/h7-9,12H,3-6,11H2,1-2H3,(H,13,14)/t7?,8-,9-/m0/s1. The largest absolute Gasteiger partial charge is 0.481 e. The van der Waals surface area contributed by atoms with Gasteiger partial charge in [0, 0.05) is 6.04 Å². The molecule has 4 heteroatoms. The summed E-state index contributed by atoms with van der Waals surface area (Å²) in [5, 5.41) is 18.4. The third-order valence-corrected chi connectivity index (χ3v) is 2.48. The van der Waals surface area contributed by atoms with Crippen molar-refractivity contribution in [3.63, 3.8) is 0 Å². The van der Waals surface area contributed by atoms with Crippen LogP contribution in [0.15, 0.2) is 0 Å². The van der Waals surface area contributed by atoms with E-state index in [1.807, 2.05) is 6.92 Å². The SMILES string of the molecule is CCC[C@H](N)[C@@H](O)CC(CC)C(=O)O. The number of carboxylic acids is 1. The van der Waals surface area contributed by atoms with Crippen LogP contribution in [-0.2, 0) is 4.79 Å². The highest BCUT2D eigenvalue weighted by molar-refractivity contribution is 5.69. The molecule has 3 atom stereocenters. The molecule has 0 saturated carbocycles. The Labute approximate surface area is 85.1 Å². The molecule has 4 N–H and O–H groups in total. The van der Waals surface area contributed by atoms with E-state index < -0.39 is 18.0 Å². The van der Waals surface area contributed by atoms with Crippen molar-refractivity contribution in [2.45, 2.75) is 51.7 Å². The van der Waals surface area contributed by atoms with Crippen molar-refractivity contribution in [1.82, 2.24) is 0 Å². The highest BCUT2D eigenvalue weighted by Gasteiger charge is 2.22. The molecule has 4 nitrogen and oxygen atoms in total. The predicted molar refractivity (Wildman–Crippen MR) is 54.9 cm³/mol. The van der Waals surface area contributed by atoms with Gasteiger partial charge in [-0.15, -0.1) is 0 Å². The Morgan fingerprint density at radius 1 is 1.43 bits per heavy atom. The van der Waals surface area contributed by atoms with Gasteiger partial charge in [-0.25, -0.2) is 0 Å². The Balaban J connectivity index is 4.01. The summed E-state index contributed by atoms with van der Waals surface area (Å²) in [6, 6.07) is -0.298. The summed E-state index contributed by atoms with van der Waals surface area (Å²) in [7, 11) is 0. The first-order valence-corrected chi connectivity index (χ1v) is 5.19. The van der Waals surface area contributed by atoms with Crippen LogP contribution in [0, 0.1) is 5.92 Å². The van der Waals surface area contributed by atoms with Gasteiger partial charge in [-0.2, -0.15) is 0 Å². The molecule has 0 fully saturated rings. The number of aliphatic hydroxyl groups excluding tert-OH is 1. The van der Waals surface area contributed by atoms with Crippen LogP contribution >= 0.6 is 0 Å². The second-order valence-corrected chi connectivity index (χ2v) is 3.70. The van der Waals surface area contributed by atoms with E-state index in [9.17, 15) is 9.90 Å². The van der Waals surface area contributed by atoms with Crippen LogP contribution in [0.5, 0.6) is 0 Å². The zero-order valence-electron chi connectivity index (χ0n) is 8.94. The Morgan fingerprint density at radius 3 is 2.36 bits per heavy atom. The van der Waals surface area contributed by atoms with Gasteiger partial charge in [0.2, 0.25) is 0 Å². The molecule has 0 aliphatic carbocycles. The first-order valence-electron chi connectivity index (χ1n) is 5.19. The predicted octanol–water partition coefficient (Wildman–Crippen LogP) is 0.976. The number of nitrogens with two attached hydrogens (primary N) is 1. The Hall–Kier alpha value is -0.610. The van der Waals surface area contributed by atoms with Crippen molar-refractivity contribution in [3.8, 4) is 0 Å². The van der Waals surface area contributed by atoms with Crippen molar-refractivity contribution in [3.05, 3.63) is 0 Å². The Kier molecular flexibility index (Phi) is 6.49. The summed E-state index contributed by atoms with van der Waals surface area (Å²) in [6.07, 6.45) is 1.73. The molecule has 0 rings (SSSR count). The maximum Gasteiger partial charge on any atom is 0.306 e. The molecule has 1 unspecified atom stereocenters. The molecule has 0 aliphatic heterocycles. The third-order valence-electron chi connectivity index (χ3n) is 2.48. The van der Waals surface area contributed by atoms with E-state index in [4.69, 9.17) is 10.8 Å². The molecule has 0 aromatic rings. The van der Waals surface area contributed by atoms with E-state index >= 15 is 0 Å². The average Bonchev–Trinajstić information content (AvgIpc) is 2.13. The smallest absolute Gasteiger partial charge is 0.306 e. The van der Waals surface area contributed by atoms with E-state index in [2.05, 4.69) is 0 Å². The molecule has 0 aromatic heterocycles. The van der Waals surface area contributed by atoms with Crippen LogP contribution in [0.3, 0.4) is 0 Å². The molecule has 0 spiro atoms. The van der Waals surface area contributed by atoms with Crippen molar-refractivity contribution >= 4 is 5.97 Å². The van der Waals surface area contributed by atoms with E-state index in [-0.39, 0.29) is 12.5 Å². The van der Waals surface area contributed by atoms with Crippen LogP contribution in [-0.4, -0.2) is 28.3 Å². The zero-order chi connectivity index (χ0) is 11.1. The molecule has 0 saturated heterocycles. The molecular formula is C10H21NO3. The topological polar surface area (TPSA) is 83.5 Å². The summed E-state index contributed by atoms with van der Waals surface area (Å²) < 4.78 is 0. The highest BCUT2D eigenvalue weighted by atomic mass is 16.4. The minimum Gasteiger partial charge on any atom is -0.481 e. The van der Waals surface area contributed by atoms with Gasteiger partial charge >= 0.3 is 5.97 Å². The van der Waals surface area contributed by atoms with Crippen molar-refractivity contribution in [2.75, 3.05) is 0 Å². The molecular weight excluding hydrogens is 182 g/mol. The van der Waals surface area contributed by atoms with E-state index in [1.54, 1.807) is 6.92 Å². The normalized spacial score (nSPS) is 17.4. The summed E-state index contributed by atoms with van der Waals surface area (Å²) in [6.45, 7) is 3.79. The van der Waals surface area contributed by atoms with Crippen LogP contribution in [0.1, 0.15) is 39.5 Å². The number of rotatable bonds is 7. The maximum absolute atomic E-state index is 10.7. The second-order valence-electron chi connectivity index (χ2n) is 3.70. The van der Waals surface area contributed by atoms with Crippen LogP contribution in [0.25, 0.3) is 0 Å². The summed E-state index contributed by atoms with van der Waals surface area (Å²) in [5.74, 6) is -1.33. The van der Waals surface area contributed by atoms with E-state index in [1.165, 1.54) is 0 Å².